The average molecular weight is 399 g/mol. The topological polar surface area (TPSA) is 81.5 Å². The Balaban J connectivity index is 1.28. The molecular formula is C21H29N5O3. The van der Waals surface area contributed by atoms with Gasteiger partial charge in [0.25, 0.3) is 0 Å². The van der Waals surface area contributed by atoms with Gasteiger partial charge >= 0.3 is 0 Å². The maximum Gasteiger partial charge on any atom is 0.224 e. The molecule has 0 radical (unpaired) electrons. The number of benzene rings is 1. The Hall–Kier alpha value is -2.45. The van der Waals surface area contributed by atoms with Crippen molar-refractivity contribution in [1.82, 2.24) is 25.2 Å². The molecule has 5 rings (SSSR count). The summed E-state index contributed by atoms with van der Waals surface area (Å²) < 4.78 is 12.7. The lowest BCUT2D eigenvalue weighted by atomic mass is 9.75. The van der Waals surface area contributed by atoms with Crippen molar-refractivity contribution in [3.8, 4) is 5.75 Å². The van der Waals surface area contributed by atoms with Gasteiger partial charge < -0.3 is 14.8 Å². The Morgan fingerprint density at radius 3 is 2.93 bits per heavy atom. The van der Waals surface area contributed by atoms with Gasteiger partial charge in [0, 0.05) is 26.2 Å². The number of hydrogen-bond donors (Lipinski definition) is 1. The van der Waals surface area contributed by atoms with Crippen molar-refractivity contribution in [3.05, 3.63) is 42.2 Å². The van der Waals surface area contributed by atoms with Crippen LogP contribution in [0.5, 0.6) is 5.75 Å². The zero-order valence-electron chi connectivity index (χ0n) is 16.9. The lowest BCUT2D eigenvalue weighted by molar-refractivity contribution is -0.133. The second-order valence-corrected chi connectivity index (χ2v) is 7.86. The van der Waals surface area contributed by atoms with E-state index < -0.39 is 0 Å². The molecule has 3 saturated heterocycles. The van der Waals surface area contributed by atoms with Crippen LogP contribution in [0.1, 0.15) is 18.5 Å². The number of ether oxygens (including phenoxy) is 2. The van der Waals surface area contributed by atoms with Gasteiger partial charge in [-0.05, 0) is 37.4 Å². The fourth-order valence-electron chi connectivity index (χ4n) is 4.42. The van der Waals surface area contributed by atoms with Gasteiger partial charge in [0.05, 0.1) is 25.3 Å². The first kappa shape index (κ1) is 19.8. The smallest absolute Gasteiger partial charge is 0.224 e. The van der Waals surface area contributed by atoms with Crippen LogP contribution in [-0.2, 0) is 22.7 Å². The van der Waals surface area contributed by atoms with Crippen molar-refractivity contribution in [3.63, 3.8) is 0 Å². The minimum atomic E-state index is 0.0856. The van der Waals surface area contributed by atoms with Gasteiger partial charge in [0.2, 0.25) is 5.91 Å². The molecule has 156 valence electrons. The van der Waals surface area contributed by atoms with Gasteiger partial charge in [0.1, 0.15) is 18.1 Å². The Morgan fingerprint density at radius 2 is 2.17 bits per heavy atom. The molecule has 8 heteroatoms. The van der Waals surface area contributed by atoms with E-state index in [1.165, 1.54) is 0 Å². The molecule has 0 aliphatic carbocycles. The summed E-state index contributed by atoms with van der Waals surface area (Å²) in [6, 6.07) is 10.1. The minimum absolute atomic E-state index is 0.0856. The molecule has 1 aromatic heterocycles. The second kappa shape index (κ2) is 9.37. The van der Waals surface area contributed by atoms with Crippen molar-refractivity contribution in [2.75, 3.05) is 33.4 Å². The molecule has 4 atom stereocenters. The third-order valence-corrected chi connectivity index (χ3v) is 5.93. The molecular weight excluding hydrogens is 370 g/mol. The zero-order valence-corrected chi connectivity index (χ0v) is 16.9. The molecule has 29 heavy (non-hydrogen) atoms. The van der Waals surface area contributed by atoms with Crippen LogP contribution < -0.4 is 10.1 Å². The third kappa shape index (κ3) is 4.94. The van der Waals surface area contributed by atoms with E-state index >= 15 is 0 Å². The van der Waals surface area contributed by atoms with Crippen LogP contribution in [-0.4, -0.2) is 65.2 Å². The number of piperidine rings is 3. The standard InChI is InChI=1S/C21H29N5O3/c1-28-10-8-22-21(27)20-14-25-9-7-16(20)11-18(25)13-26-12-17(23-24-26)15-29-19-5-3-2-4-6-19/h2-6,12,16,18,20H,7-11,13-15H2,1H3,(H,22,27)/t16-,18+,20+/m0/s1. The summed E-state index contributed by atoms with van der Waals surface area (Å²) in [5, 5.41) is 11.5. The number of carbonyl (C=O) groups is 1. The number of aromatic nitrogens is 3. The normalized spacial score (nSPS) is 25.7. The molecule has 3 fully saturated rings. The third-order valence-electron chi connectivity index (χ3n) is 5.93. The van der Waals surface area contributed by atoms with Crippen molar-refractivity contribution < 1.29 is 14.3 Å². The molecule has 2 bridgehead atoms. The number of amides is 1. The van der Waals surface area contributed by atoms with E-state index in [2.05, 4.69) is 20.5 Å². The fraction of sp³-hybridized carbons (Fsp3) is 0.571. The van der Waals surface area contributed by atoms with E-state index in [9.17, 15) is 4.79 Å². The van der Waals surface area contributed by atoms with Gasteiger partial charge in [-0.3, -0.25) is 14.4 Å². The van der Waals surface area contributed by atoms with Crippen LogP contribution in [0.3, 0.4) is 0 Å². The summed E-state index contributed by atoms with van der Waals surface area (Å²) >= 11 is 0. The van der Waals surface area contributed by atoms with E-state index in [1.54, 1.807) is 7.11 Å². The predicted octanol–water partition coefficient (Wildman–Crippen LogP) is 1.33. The van der Waals surface area contributed by atoms with Crippen molar-refractivity contribution in [2.45, 2.75) is 32.0 Å². The van der Waals surface area contributed by atoms with E-state index in [-0.39, 0.29) is 11.8 Å². The summed E-state index contributed by atoms with van der Waals surface area (Å²) in [4.78, 5) is 14.9. The molecule has 8 nitrogen and oxygen atoms in total. The molecule has 0 saturated carbocycles. The maximum absolute atomic E-state index is 12.5. The minimum Gasteiger partial charge on any atom is -0.487 e. The maximum atomic E-state index is 12.5. The summed E-state index contributed by atoms with van der Waals surface area (Å²) in [5.74, 6) is 1.52. The SMILES string of the molecule is COCCNC(=O)[C@@H]1CN2CC[C@H]1C[C@@H]2Cn1cc(COc2ccccc2)nn1. The van der Waals surface area contributed by atoms with Crippen LogP contribution in [0.25, 0.3) is 0 Å². The van der Waals surface area contributed by atoms with Gasteiger partial charge in [-0.2, -0.15) is 0 Å². The van der Waals surface area contributed by atoms with Gasteiger partial charge in [0.15, 0.2) is 0 Å². The molecule has 4 heterocycles. The highest BCUT2D eigenvalue weighted by Gasteiger charge is 2.43. The molecule has 2 aromatic rings. The Morgan fingerprint density at radius 1 is 1.31 bits per heavy atom. The highest BCUT2D eigenvalue weighted by Crippen LogP contribution is 2.36. The molecule has 3 aliphatic heterocycles. The number of nitrogens with one attached hydrogen (secondary N) is 1. The number of hydrogen-bond acceptors (Lipinski definition) is 6. The second-order valence-electron chi connectivity index (χ2n) is 7.86. The van der Waals surface area contributed by atoms with Crippen LogP contribution in [0.4, 0.5) is 0 Å². The molecule has 1 aromatic carbocycles. The van der Waals surface area contributed by atoms with Crippen LogP contribution in [0.2, 0.25) is 0 Å². The van der Waals surface area contributed by atoms with Gasteiger partial charge in [-0.25, -0.2) is 0 Å². The number of fused-ring (bicyclic) bond motifs is 3. The summed E-state index contributed by atoms with van der Waals surface area (Å²) in [7, 11) is 1.65. The molecule has 0 spiro atoms. The average Bonchev–Trinajstić information content (AvgIpc) is 3.21. The number of nitrogens with zero attached hydrogens (tertiary/aromatic N) is 4. The first-order chi connectivity index (χ1) is 14.2. The number of rotatable bonds is 9. The first-order valence-electron chi connectivity index (χ1n) is 10.3. The Kier molecular flexibility index (Phi) is 6.41. The monoisotopic (exact) mass is 399 g/mol. The fourth-order valence-corrected chi connectivity index (χ4v) is 4.42. The van der Waals surface area contributed by atoms with E-state index in [4.69, 9.17) is 9.47 Å². The number of carbonyl (C=O) groups excluding carboxylic acids is 1. The molecule has 1 N–H and O–H groups in total. The predicted molar refractivity (Wildman–Crippen MR) is 107 cm³/mol. The zero-order chi connectivity index (χ0) is 20.1. The van der Waals surface area contributed by atoms with Crippen LogP contribution in [0, 0.1) is 11.8 Å². The summed E-state index contributed by atoms with van der Waals surface area (Å²) in [6.07, 6.45) is 4.08. The highest BCUT2D eigenvalue weighted by atomic mass is 16.5. The summed E-state index contributed by atoms with van der Waals surface area (Å²) in [5.41, 5.74) is 0.820. The van der Waals surface area contributed by atoms with E-state index in [0.29, 0.717) is 31.7 Å². The van der Waals surface area contributed by atoms with Crippen LogP contribution >= 0.6 is 0 Å². The lowest BCUT2D eigenvalue weighted by Gasteiger charge is -2.49. The van der Waals surface area contributed by atoms with Crippen molar-refractivity contribution >= 4 is 5.91 Å². The summed E-state index contributed by atoms with van der Waals surface area (Å²) in [6.45, 7) is 4.22. The highest BCUT2D eigenvalue weighted by molar-refractivity contribution is 5.79. The van der Waals surface area contributed by atoms with E-state index in [1.807, 2.05) is 41.2 Å². The van der Waals surface area contributed by atoms with Gasteiger partial charge in [-0.15, -0.1) is 5.10 Å². The van der Waals surface area contributed by atoms with Crippen molar-refractivity contribution in [1.29, 1.82) is 0 Å². The van der Waals surface area contributed by atoms with Gasteiger partial charge in [-0.1, -0.05) is 23.4 Å². The quantitative estimate of drug-likeness (QED) is 0.641. The largest absolute Gasteiger partial charge is 0.487 e. The first-order valence-corrected chi connectivity index (χ1v) is 10.3. The number of para-hydroxylation sites is 1. The van der Waals surface area contributed by atoms with Crippen molar-refractivity contribution in [2.24, 2.45) is 11.8 Å². The molecule has 1 amide bonds. The number of methoxy groups -OCH3 is 1. The molecule has 1 unspecified atom stereocenters. The Labute approximate surface area is 171 Å². The van der Waals surface area contributed by atoms with E-state index in [0.717, 1.165) is 43.9 Å². The molecule has 3 aliphatic rings. The Bertz CT molecular complexity index is 797. The van der Waals surface area contributed by atoms with Crippen LogP contribution in [0.15, 0.2) is 36.5 Å². The lowest BCUT2D eigenvalue weighted by Crippen LogP contribution is -2.58.